The number of benzene rings is 5. The van der Waals surface area contributed by atoms with Crippen LogP contribution in [0.25, 0.3) is 11.1 Å². The van der Waals surface area contributed by atoms with Crippen molar-refractivity contribution in [3.63, 3.8) is 0 Å². The Kier molecular flexibility index (Phi) is 14.0. The zero-order chi connectivity index (χ0) is 42.2. The van der Waals surface area contributed by atoms with Gasteiger partial charge in [-0.2, -0.15) is 0 Å². The summed E-state index contributed by atoms with van der Waals surface area (Å²) in [6.45, 7) is 0.560. The fraction of sp³-hybridized carbons (Fsp3) is 0.304. The second kappa shape index (κ2) is 19.1. The third-order valence-corrected chi connectivity index (χ3v) is 11.3. The molecule has 0 radical (unpaired) electrons. The van der Waals surface area contributed by atoms with Crippen LogP contribution in [-0.2, 0) is 43.0 Å². The van der Waals surface area contributed by atoms with Gasteiger partial charge in [0.2, 0.25) is 15.9 Å². The fourth-order valence-corrected chi connectivity index (χ4v) is 7.89. The molecule has 3 atom stereocenters. The first kappa shape index (κ1) is 43.1. The van der Waals surface area contributed by atoms with E-state index in [1.54, 1.807) is 41.3 Å². The van der Waals surface area contributed by atoms with E-state index in [1.165, 1.54) is 19.1 Å². The smallest absolute Gasteiger partial charge is 0.303 e. The molecule has 6 rings (SSSR count). The first-order valence-corrected chi connectivity index (χ1v) is 21.3. The Morgan fingerprint density at radius 1 is 0.881 bits per heavy atom. The Hall–Kier alpha value is -5.44. The topological polar surface area (TPSA) is 163 Å². The molecule has 0 aliphatic carbocycles. The van der Waals surface area contributed by atoms with Gasteiger partial charge in [-0.25, -0.2) is 17.5 Å². The zero-order valence-corrected chi connectivity index (χ0v) is 33.8. The van der Waals surface area contributed by atoms with E-state index in [4.69, 9.17) is 9.47 Å². The minimum absolute atomic E-state index is 0.130. The lowest BCUT2D eigenvalue weighted by Crippen LogP contribution is -2.55. The van der Waals surface area contributed by atoms with E-state index in [0.717, 1.165) is 34.1 Å². The average Bonchev–Trinajstić information content (AvgIpc) is 3.23. The Bertz CT molecular complexity index is 2300. The van der Waals surface area contributed by atoms with Crippen LogP contribution >= 0.6 is 0 Å². The molecule has 1 aliphatic rings. The number of anilines is 1. The number of aliphatic hydroxyl groups excluding tert-OH is 2. The number of aryl methyl sites for hydroxylation is 1. The highest BCUT2D eigenvalue weighted by atomic mass is 32.2. The van der Waals surface area contributed by atoms with E-state index in [2.05, 4.69) is 4.72 Å². The lowest BCUT2D eigenvalue weighted by Gasteiger charge is -2.48. The summed E-state index contributed by atoms with van der Waals surface area (Å²) >= 11 is 0. The van der Waals surface area contributed by atoms with Gasteiger partial charge < -0.3 is 29.7 Å². The van der Waals surface area contributed by atoms with Crippen LogP contribution in [0.2, 0.25) is 0 Å². The fourth-order valence-electron chi connectivity index (χ4n) is 7.37. The lowest BCUT2D eigenvalue weighted by atomic mass is 9.77. The molecule has 5 aromatic rings. The molecule has 1 amide bonds. The maximum absolute atomic E-state index is 14.3. The number of esters is 1. The first-order chi connectivity index (χ1) is 28.3. The molecule has 59 heavy (non-hydrogen) atoms. The highest BCUT2D eigenvalue weighted by Crippen LogP contribution is 2.50. The number of amides is 1. The van der Waals surface area contributed by atoms with Gasteiger partial charge in [0.1, 0.15) is 29.9 Å². The van der Waals surface area contributed by atoms with Gasteiger partial charge in [0.25, 0.3) is 0 Å². The Morgan fingerprint density at radius 3 is 2.17 bits per heavy atom. The van der Waals surface area contributed by atoms with Crippen molar-refractivity contribution in [2.75, 3.05) is 30.9 Å². The van der Waals surface area contributed by atoms with E-state index >= 15 is 0 Å². The summed E-state index contributed by atoms with van der Waals surface area (Å²) in [6, 6.07) is 35.2. The van der Waals surface area contributed by atoms with Crippen LogP contribution in [0.15, 0.2) is 121 Å². The van der Waals surface area contributed by atoms with Gasteiger partial charge in [0.15, 0.2) is 0 Å². The van der Waals surface area contributed by atoms with Crippen molar-refractivity contribution in [2.24, 2.45) is 5.92 Å². The molecule has 1 aliphatic heterocycles. The molecule has 0 saturated carbocycles. The molecular weight excluding hydrogens is 776 g/mol. The van der Waals surface area contributed by atoms with Gasteiger partial charge in [0, 0.05) is 24.7 Å². The van der Waals surface area contributed by atoms with Crippen molar-refractivity contribution in [2.45, 2.75) is 57.0 Å². The summed E-state index contributed by atoms with van der Waals surface area (Å²) in [6.07, 6.45) is 2.27. The number of ether oxygens (including phenoxy) is 2. The van der Waals surface area contributed by atoms with Crippen LogP contribution in [0.4, 0.5) is 10.1 Å². The van der Waals surface area contributed by atoms with Gasteiger partial charge >= 0.3 is 5.97 Å². The summed E-state index contributed by atoms with van der Waals surface area (Å²) in [7, 11) is -3.29. The average molecular weight is 825 g/mol. The number of halogens is 1. The molecule has 13 heteroatoms. The molecule has 0 spiro atoms. The normalized spacial score (nSPS) is 16.0. The van der Waals surface area contributed by atoms with Gasteiger partial charge in [-0.1, -0.05) is 91.0 Å². The van der Waals surface area contributed by atoms with Crippen molar-refractivity contribution in [1.82, 2.24) is 4.72 Å². The lowest BCUT2D eigenvalue weighted by molar-refractivity contribution is -0.147. The monoisotopic (exact) mass is 824 g/mol. The number of hydrogen-bond donors (Lipinski definition) is 4. The summed E-state index contributed by atoms with van der Waals surface area (Å²) in [5.74, 6) is -1.06. The summed E-state index contributed by atoms with van der Waals surface area (Å²) in [5.41, 5.74) is 4.08. The minimum atomic E-state index is -3.29. The molecule has 1 fully saturated rings. The van der Waals surface area contributed by atoms with Crippen LogP contribution in [-0.4, -0.2) is 61.6 Å². The second-order valence-electron chi connectivity index (χ2n) is 14.9. The Labute approximate surface area is 344 Å². The second-order valence-corrected chi connectivity index (χ2v) is 16.7. The largest absolute Gasteiger partial charge is 0.489 e. The summed E-state index contributed by atoms with van der Waals surface area (Å²) in [4.78, 5) is 28.2. The van der Waals surface area contributed by atoms with Crippen LogP contribution in [0.5, 0.6) is 5.75 Å². The van der Waals surface area contributed by atoms with Crippen LogP contribution < -0.4 is 14.4 Å². The third kappa shape index (κ3) is 10.8. The number of nitrogens with one attached hydrogen (secondary N) is 1. The van der Waals surface area contributed by atoms with Crippen molar-refractivity contribution in [3.8, 4) is 16.9 Å². The number of aliphatic hydroxyl groups is 3. The first-order valence-electron chi connectivity index (χ1n) is 19.4. The van der Waals surface area contributed by atoms with Crippen molar-refractivity contribution in [1.29, 1.82) is 0 Å². The number of carbonyl (C=O) groups is 2. The van der Waals surface area contributed by atoms with Crippen LogP contribution in [0.1, 0.15) is 66.1 Å². The third-order valence-electron chi connectivity index (χ3n) is 10.6. The van der Waals surface area contributed by atoms with Crippen molar-refractivity contribution < 1.29 is 47.2 Å². The number of rotatable bonds is 19. The van der Waals surface area contributed by atoms with Gasteiger partial charge in [-0.3, -0.25) is 9.59 Å². The van der Waals surface area contributed by atoms with E-state index in [-0.39, 0.29) is 12.5 Å². The summed E-state index contributed by atoms with van der Waals surface area (Å²) < 4.78 is 51.6. The molecule has 1 saturated heterocycles. The van der Waals surface area contributed by atoms with E-state index in [1.807, 2.05) is 72.8 Å². The predicted molar refractivity (Wildman–Crippen MR) is 222 cm³/mol. The van der Waals surface area contributed by atoms with Gasteiger partial charge in [-0.15, -0.1) is 0 Å². The molecule has 310 valence electrons. The predicted octanol–water partition coefficient (Wildman–Crippen LogP) is 6.51. The summed E-state index contributed by atoms with van der Waals surface area (Å²) in [5, 5.41) is 30.1. The molecule has 5 aromatic carbocycles. The van der Waals surface area contributed by atoms with E-state index in [0.29, 0.717) is 54.8 Å². The van der Waals surface area contributed by atoms with Crippen LogP contribution in [0, 0.1) is 11.7 Å². The van der Waals surface area contributed by atoms with E-state index < -0.39 is 58.7 Å². The standard InChI is InChI=1S/C46H49FN2O9S/c1-31(52)58-42(35-14-19-38(47)20-15-35)25-24-41-44(49(45(41)53)39-21-10-32(11-22-39)9-6-26-48-59(2,55)56)40-23-16-36(27-43(40)57-28-33-7-4-3-5-8-33)34-12-17-37(18-13-34)46(54,29-50)30-51/h3-5,7-8,10-23,27,41-42,44,48,50-51,54H,6,9,24-26,28-30H2,1-2H3/t41-,42+,44-/m1/s1. The zero-order valence-electron chi connectivity index (χ0n) is 33.0. The number of sulfonamides is 1. The molecule has 1 heterocycles. The quantitative estimate of drug-likeness (QED) is 0.0413. The van der Waals surface area contributed by atoms with Gasteiger partial charge in [-0.05, 0) is 89.4 Å². The number of β-lactam (4-membered cyclic amide) rings is 1. The maximum atomic E-state index is 14.3. The molecular formula is C46H49FN2O9S. The molecule has 0 unspecified atom stereocenters. The Balaban J connectivity index is 1.36. The molecule has 11 nitrogen and oxygen atoms in total. The molecule has 0 aromatic heterocycles. The van der Waals surface area contributed by atoms with E-state index in [9.17, 15) is 37.7 Å². The highest BCUT2D eigenvalue weighted by molar-refractivity contribution is 7.88. The number of hydrogen-bond acceptors (Lipinski definition) is 9. The van der Waals surface area contributed by atoms with Crippen molar-refractivity contribution >= 4 is 27.6 Å². The number of carbonyl (C=O) groups excluding carboxylic acids is 2. The van der Waals surface area contributed by atoms with Crippen molar-refractivity contribution in [3.05, 3.63) is 155 Å². The van der Waals surface area contributed by atoms with Gasteiger partial charge in [0.05, 0.1) is 31.4 Å². The minimum Gasteiger partial charge on any atom is -0.489 e. The Morgan fingerprint density at radius 2 is 1.54 bits per heavy atom. The molecule has 0 bridgehead atoms. The molecule has 4 N–H and O–H groups in total. The highest BCUT2D eigenvalue weighted by Gasteiger charge is 2.50. The maximum Gasteiger partial charge on any atom is 0.303 e. The number of nitrogens with zero attached hydrogens (tertiary/aromatic N) is 1. The van der Waals surface area contributed by atoms with Crippen LogP contribution in [0.3, 0.4) is 0 Å². The SMILES string of the molecule is CC(=O)O[C@@H](CC[C@H]1C(=O)N(c2ccc(CCCNS(C)(=O)=O)cc2)[C@@H]1c1ccc(-c2ccc(C(O)(CO)CO)cc2)cc1OCc1ccccc1)c1ccc(F)cc1.